The number of nitrogens with zero attached hydrogens (tertiary/aromatic N) is 2. The van der Waals surface area contributed by atoms with Crippen LogP contribution in [0.5, 0.6) is 0 Å². The highest BCUT2D eigenvalue weighted by Gasteiger charge is 2.57. The van der Waals surface area contributed by atoms with Crippen molar-refractivity contribution in [2.24, 2.45) is 5.92 Å². The number of benzene rings is 1. The van der Waals surface area contributed by atoms with Gasteiger partial charge in [-0.1, -0.05) is 36.9 Å². The maximum absolute atomic E-state index is 12.7. The van der Waals surface area contributed by atoms with Crippen LogP contribution in [0, 0.1) is 5.92 Å². The van der Waals surface area contributed by atoms with Crippen LogP contribution in [-0.4, -0.2) is 64.8 Å². The van der Waals surface area contributed by atoms with Gasteiger partial charge in [0.25, 0.3) is 0 Å². The maximum Gasteiger partial charge on any atom is 0.410 e. The zero-order chi connectivity index (χ0) is 21.4. The normalized spacial score (nSPS) is 23.8. The van der Waals surface area contributed by atoms with Crippen molar-refractivity contribution in [1.82, 2.24) is 9.80 Å². The molecule has 3 aliphatic rings. The molecule has 1 N–H and O–H groups in total. The number of fused-ring (bicyclic) bond motifs is 1. The number of esters is 1. The third kappa shape index (κ3) is 3.37. The highest BCUT2D eigenvalue weighted by molar-refractivity contribution is 6.06. The minimum absolute atomic E-state index is 0.0486. The first-order chi connectivity index (χ1) is 14.4. The Morgan fingerprint density at radius 2 is 2.10 bits per heavy atom. The van der Waals surface area contributed by atoms with E-state index in [9.17, 15) is 19.5 Å². The van der Waals surface area contributed by atoms with E-state index in [1.807, 2.05) is 24.3 Å². The lowest BCUT2D eigenvalue weighted by Gasteiger charge is -2.44. The molecule has 0 aliphatic carbocycles. The lowest BCUT2D eigenvalue weighted by Crippen LogP contribution is -2.61. The summed E-state index contributed by atoms with van der Waals surface area (Å²) in [5.41, 5.74) is 2.70. The Morgan fingerprint density at radius 3 is 2.70 bits per heavy atom. The van der Waals surface area contributed by atoms with Crippen molar-refractivity contribution < 1.29 is 29.0 Å². The molecule has 1 aromatic carbocycles. The predicted molar refractivity (Wildman–Crippen MR) is 107 cm³/mol. The van der Waals surface area contributed by atoms with E-state index in [1.54, 1.807) is 11.8 Å². The molecule has 2 amide bonds. The van der Waals surface area contributed by atoms with Gasteiger partial charge < -0.3 is 24.4 Å². The molecule has 0 saturated carbocycles. The van der Waals surface area contributed by atoms with E-state index in [0.717, 1.165) is 16.7 Å². The van der Waals surface area contributed by atoms with E-state index in [4.69, 9.17) is 9.47 Å². The largest absolute Gasteiger partial charge is 0.457 e. The smallest absolute Gasteiger partial charge is 0.410 e. The quantitative estimate of drug-likeness (QED) is 0.416. The lowest BCUT2D eigenvalue weighted by molar-refractivity contribution is -0.162. The highest BCUT2D eigenvalue weighted by atomic mass is 16.6. The van der Waals surface area contributed by atoms with Gasteiger partial charge in [0.2, 0.25) is 5.91 Å². The zero-order valence-electron chi connectivity index (χ0n) is 16.7. The Kier molecular flexibility index (Phi) is 5.34. The standard InChI is InChI=1S/C22H24N2O6/c1-3-9-29-21(27)19-16(11-17-18(13(2)25)20(26)24(17)19)15-6-4-14(5-7-15)12-23-8-10-30-22(23)28/h3-7,13,17-18,25H,1,8-12H2,2H3/t13-,17-,18-/m1/s1. The number of hydrogen-bond acceptors (Lipinski definition) is 6. The van der Waals surface area contributed by atoms with Crippen LogP contribution >= 0.6 is 0 Å². The molecule has 8 nitrogen and oxygen atoms in total. The first-order valence-electron chi connectivity index (χ1n) is 9.95. The molecule has 0 unspecified atom stereocenters. The number of aliphatic hydroxyl groups excluding tert-OH is 1. The molecule has 30 heavy (non-hydrogen) atoms. The van der Waals surface area contributed by atoms with Crippen molar-refractivity contribution in [3.63, 3.8) is 0 Å². The summed E-state index contributed by atoms with van der Waals surface area (Å²) >= 11 is 0. The number of ether oxygens (including phenoxy) is 2. The fourth-order valence-corrected chi connectivity index (χ4v) is 4.32. The molecule has 0 aromatic heterocycles. The van der Waals surface area contributed by atoms with Crippen LogP contribution in [0.2, 0.25) is 0 Å². The molecule has 2 saturated heterocycles. The van der Waals surface area contributed by atoms with Gasteiger partial charge in [-0.2, -0.15) is 0 Å². The summed E-state index contributed by atoms with van der Waals surface area (Å²) in [6.07, 6.45) is 0.833. The summed E-state index contributed by atoms with van der Waals surface area (Å²) in [6.45, 7) is 6.59. The number of rotatable bonds is 7. The molecule has 158 valence electrons. The van der Waals surface area contributed by atoms with Crippen LogP contribution in [0.25, 0.3) is 5.57 Å². The molecule has 0 bridgehead atoms. The second-order valence-electron chi connectivity index (χ2n) is 7.69. The molecular formula is C22H24N2O6. The van der Waals surface area contributed by atoms with Crippen LogP contribution in [0.4, 0.5) is 4.79 Å². The van der Waals surface area contributed by atoms with Crippen molar-refractivity contribution in [2.45, 2.75) is 32.0 Å². The first-order valence-corrected chi connectivity index (χ1v) is 9.95. The van der Waals surface area contributed by atoms with Gasteiger partial charge in [-0.05, 0) is 30.0 Å². The van der Waals surface area contributed by atoms with E-state index in [-0.39, 0.29) is 30.3 Å². The second-order valence-corrected chi connectivity index (χ2v) is 7.69. The first kappa shape index (κ1) is 20.2. The van der Waals surface area contributed by atoms with Crippen LogP contribution in [-0.2, 0) is 25.6 Å². The summed E-state index contributed by atoms with van der Waals surface area (Å²) in [4.78, 5) is 40.0. The lowest BCUT2D eigenvalue weighted by atomic mass is 9.82. The van der Waals surface area contributed by atoms with Gasteiger partial charge in [-0.3, -0.25) is 4.79 Å². The molecular weight excluding hydrogens is 388 g/mol. The second kappa shape index (κ2) is 7.95. The van der Waals surface area contributed by atoms with E-state index in [1.165, 1.54) is 11.0 Å². The summed E-state index contributed by atoms with van der Waals surface area (Å²) in [7, 11) is 0. The van der Waals surface area contributed by atoms with Crippen molar-refractivity contribution in [2.75, 3.05) is 19.8 Å². The topological polar surface area (TPSA) is 96.4 Å². The van der Waals surface area contributed by atoms with Gasteiger partial charge in [-0.15, -0.1) is 0 Å². The summed E-state index contributed by atoms with van der Waals surface area (Å²) in [5.74, 6) is -1.36. The van der Waals surface area contributed by atoms with Gasteiger partial charge >= 0.3 is 12.1 Å². The Morgan fingerprint density at radius 1 is 1.37 bits per heavy atom. The van der Waals surface area contributed by atoms with Crippen LogP contribution in [0.1, 0.15) is 24.5 Å². The Labute approximate surface area is 174 Å². The number of hydrogen-bond donors (Lipinski definition) is 1. The zero-order valence-corrected chi connectivity index (χ0v) is 16.7. The van der Waals surface area contributed by atoms with Crippen molar-refractivity contribution in [3.05, 3.63) is 53.7 Å². The summed E-state index contributed by atoms with van der Waals surface area (Å²) in [5, 5.41) is 9.97. The Hall–Kier alpha value is -3.13. The van der Waals surface area contributed by atoms with E-state index in [0.29, 0.717) is 26.1 Å². The Bertz CT molecular complexity index is 920. The van der Waals surface area contributed by atoms with E-state index in [2.05, 4.69) is 6.58 Å². The average Bonchev–Trinajstić information content (AvgIpc) is 3.27. The van der Waals surface area contributed by atoms with Crippen molar-refractivity contribution in [1.29, 1.82) is 0 Å². The fourth-order valence-electron chi connectivity index (χ4n) is 4.32. The number of aliphatic hydroxyl groups is 1. The SMILES string of the molecule is C=CCOC(=O)C1=C(c2ccc(CN3CCOC3=O)cc2)C[C@@H]2[C@@H]([C@@H](C)O)C(=O)N12. The minimum atomic E-state index is -0.786. The number of cyclic esters (lactones) is 1. The molecule has 2 fully saturated rings. The van der Waals surface area contributed by atoms with E-state index < -0.39 is 18.0 Å². The summed E-state index contributed by atoms with van der Waals surface area (Å²) in [6, 6.07) is 7.29. The highest BCUT2D eigenvalue weighted by Crippen LogP contribution is 2.47. The number of carbonyl (C=O) groups excluding carboxylic acids is 3. The average molecular weight is 412 g/mol. The third-order valence-electron chi connectivity index (χ3n) is 5.77. The summed E-state index contributed by atoms with van der Waals surface area (Å²) < 4.78 is 10.2. The third-order valence-corrected chi connectivity index (χ3v) is 5.77. The van der Waals surface area contributed by atoms with E-state index >= 15 is 0 Å². The van der Waals surface area contributed by atoms with Crippen molar-refractivity contribution in [3.8, 4) is 0 Å². The van der Waals surface area contributed by atoms with Gasteiger partial charge in [-0.25, -0.2) is 9.59 Å². The van der Waals surface area contributed by atoms with Crippen LogP contribution in [0.3, 0.4) is 0 Å². The van der Waals surface area contributed by atoms with Crippen molar-refractivity contribution >= 4 is 23.5 Å². The molecule has 4 rings (SSSR count). The van der Waals surface area contributed by atoms with Gasteiger partial charge in [0.05, 0.1) is 24.6 Å². The molecule has 3 atom stereocenters. The predicted octanol–water partition coefficient (Wildman–Crippen LogP) is 1.69. The molecule has 3 heterocycles. The maximum atomic E-state index is 12.7. The molecule has 1 aromatic rings. The van der Waals surface area contributed by atoms with Gasteiger partial charge in [0, 0.05) is 6.54 Å². The number of carbonyl (C=O) groups is 3. The van der Waals surface area contributed by atoms with Gasteiger partial charge in [0.1, 0.15) is 18.9 Å². The monoisotopic (exact) mass is 412 g/mol. The molecule has 3 aliphatic heterocycles. The van der Waals surface area contributed by atoms with Crippen LogP contribution in [0.15, 0.2) is 42.6 Å². The Balaban J connectivity index is 1.60. The van der Waals surface area contributed by atoms with Gasteiger partial charge in [0.15, 0.2) is 0 Å². The number of amides is 2. The molecule has 8 heteroatoms. The fraction of sp³-hybridized carbons (Fsp3) is 0.409. The molecule has 0 spiro atoms. The van der Waals surface area contributed by atoms with Crippen LogP contribution < -0.4 is 0 Å². The number of β-lactam (4-membered cyclic amide) rings is 1. The minimum Gasteiger partial charge on any atom is -0.457 e. The molecule has 0 radical (unpaired) electrons.